The van der Waals surface area contributed by atoms with Crippen LogP contribution in [0.25, 0.3) is 5.52 Å². The van der Waals surface area contributed by atoms with Crippen LogP contribution in [-0.4, -0.2) is 47.5 Å². The van der Waals surface area contributed by atoms with Gasteiger partial charge in [-0.05, 0) is 104 Å². The minimum atomic E-state index is -1.97. The van der Waals surface area contributed by atoms with E-state index in [4.69, 9.17) is 19.9 Å². The third-order valence-electron chi connectivity index (χ3n) is 7.94. The van der Waals surface area contributed by atoms with E-state index in [9.17, 15) is 4.79 Å². The van der Waals surface area contributed by atoms with Crippen molar-refractivity contribution >= 4 is 53.1 Å². The van der Waals surface area contributed by atoms with Gasteiger partial charge >= 0.3 is 6.09 Å². The molecule has 0 radical (unpaired) electrons. The molecule has 0 aliphatic heterocycles. The number of carbonyl (C=O) groups is 1. The summed E-state index contributed by atoms with van der Waals surface area (Å²) in [5.74, 6) is 1.25. The molecule has 0 unspecified atom stereocenters. The van der Waals surface area contributed by atoms with Gasteiger partial charge in [-0.3, -0.25) is 0 Å². The number of nitrogens with two attached hydrogens (primary N) is 1. The second-order valence-corrected chi connectivity index (χ2v) is 19.2. The van der Waals surface area contributed by atoms with E-state index >= 15 is 0 Å². The van der Waals surface area contributed by atoms with Gasteiger partial charge < -0.3 is 25.5 Å². The fourth-order valence-electron chi connectivity index (χ4n) is 4.56. The second kappa shape index (κ2) is 11.9. The Labute approximate surface area is 258 Å². The van der Waals surface area contributed by atoms with Crippen LogP contribution in [0.2, 0.25) is 18.1 Å². The Hall–Kier alpha value is -3.05. The van der Waals surface area contributed by atoms with Crippen LogP contribution in [0.3, 0.4) is 0 Å². The summed E-state index contributed by atoms with van der Waals surface area (Å²) in [6.07, 6.45) is 5.59. The smallest absolute Gasteiger partial charge is 0.407 e. The molecule has 1 amide bonds. The third kappa shape index (κ3) is 7.47. The first-order valence-corrected chi connectivity index (χ1v) is 18.3. The average Bonchev–Trinajstić information content (AvgIpc) is 3.22. The van der Waals surface area contributed by atoms with Crippen molar-refractivity contribution in [2.45, 2.75) is 104 Å². The number of fused-ring (bicyclic) bond motifs is 1. The quantitative estimate of drug-likeness (QED) is 0.131. The maximum absolute atomic E-state index is 12.2. The molecule has 42 heavy (non-hydrogen) atoms. The van der Waals surface area contributed by atoms with Crippen LogP contribution >= 0.6 is 15.9 Å². The Morgan fingerprint density at radius 1 is 1.17 bits per heavy atom. The normalized spacial score (nSPS) is 18.0. The summed E-state index contributed by atoms with van der Waals surface area (Å²) in [4.78, 5) is 17.1. The fourth-order valence-corrected chi connectivity index (χ4v) is 5.99. The first kappa shape index (κ1) is 31.9. The van der Waals surface area contributed by atoms with Crippen LogP contribution in [0, 0.1) is 0 Å². The first-order chi connectivity index (χ1) is 19.5. The summed E-state index contributed by atoms with van der Waals surface area (Å²) in [6.45, 7) is 18.9. The van der Waals surface area contributed by atoms with E-state index in [1.54, 1.807) is 6.20 Å². The van der Waals surface area contributed by atoms with Gasteiger partial charge in [-0.25, -0.2) is 14.3 Å². The number of rotatable bonds is 8. The highest BCUT2D eigenvalue weighted by Gasteiger charge is 2.39. The van der Waals surface area contributed by atoms with Crippen molar-refractivity contribution in [3.63, 3.8) is 0 Å². The van der Waals surface area contributed by atoms with Gasteiger partial charge in [0.15, 0.2) is 0 Å². The van der Waals surface area contributed by atoms with Crippen molar-refractivity contribution in [3.05, 3.63) is 52.3 Å². The maximum Gasteiger partial charge on any atom is 0.407 e. The standard InChI is InChI=1S/C31H45BrN6O3Si/c1-10-19-13-23(41-42(8,9)31(5,6)7)11-12-25(19)37-28(33)24-17-34-38-18-20(32)14-26(38)27(24)35-21-15-22(16-21)36-29(39)40-30(2,3)4/h11-14,17-18,21-22,35H,10,15-16H2,1-9H3,(H2,33,37)(H,36,39)/t21-,22-. The van der Waals surface area contributed by atoms with Crippen molar-refractivity contribution in [1.29, 1.82) is 0 Å². The number of aliphatic imine (C=N–C) groups is 1. The van der Waals surface area contributed by atoms with Gasteiger partial charge in [-0.2, -0.15) is 5.10 Å². The molecule has 1 fully saturated rings. The van der Waals surface area contributed by atoms with Crippen molar-refractivity contribution in [1.82, 2.24) is 14.9 Å². The molecule has 0 atom stereocenters. The van der Waals surface area contributed by atoms with Crippen LogP contribution in [-0.2, 0) is 11.2 Å². The van der Waals surface area contributed by atoms with Crippen LogP contribution < -0.4 is 20.8 Å². The number of amidine groups is 1. The molecule has 1 aliphatic carbocycles. The molecule has 228 valence electrons. The van der Waals surface area contributed by atoms with Gasteiger partial charge in [-0.1, -0.05) is 27.7 Å². The molecule has 1 aromatic carbocycles. The van der Waals surface area contributed by atoms with Crippen LogP contribution in [0.5, 0.6) is 5.75 Å². The maximum atomic E-state index is 12.2. The number of anilines is 1. The van der Waals surface area contributed by atoms with E-state index in [2.05, 4.69) is 78.5 Å². The topological polar surface area (TPSA) is 115 Å². The Bertz CT molecular complexity index is 1480. The number of nitrogens with one attached hydrogen (secondary N) is 2. The predicted molar refractivity (Wildman–Crippen MR) is 177 cm³/mol. The van der Waals surface area contributed by atoms with Gasteiger partial charge in [0.25, 0.3) is 0 Å². The molecule has 0 saturated heterocycles. The molecule has 2 heterocycles. The Balaban J connectivity index is 1.58. The zero-order chi connectivity index (χ0) is 31.0. The number of aromatic nitrogens is 2. The summed E-state index contributed by atoms with van der Waals surface area (Å²) in [6, 6.07) is 8.26. The van der Waals surface area contributed by atoms with Crippen LogP contribution in [0.1, 0.15) is 72.4 Å². The lowest BCUT2D eigenvalue weighted by atomic mass is 9.86. The lowest BCUT2D eigenvalue weighted by molar-refractivity contribution is 0.0475. The average molecular weight is 658 g/mol. The van der Waals surface area contributed by atoms with Gasteiger partial charge in [0.05, 0.1) is 28.7 Å². The summed E-state index contributed by atoms with van der Waals surface area (Å²) in [5.41, 5.74) is 10.5. The van der Waals surface area contributed by atoms with Crippen LogP contribution in [0.4, 0.5) is 16.2 Å². The molecular formula is C31H45BrN6O3Si. The highest BCUT2D eigenvalue weighted by molar-refractivity contribution is 9.10. The van der Waals surface area contributed by atoms with Gasteiger partial charge in [0.1, 0.15) is 17.2 Å². The monoisotopic (exact) mass is 656 g/mol. The molecule has 1 aliphatic rings. The first-order valence-electron chi connectivity index (χ1n) is 14.5. The minimum Gasteiger partial charge on any atom is -0.543 e. The molecule has 3 aromatic rings. The molecular weight excluding hydrogens is 612 g/mol. The van der Waals surface area contributed by atoms with Crippen molar-refractivity contribution in [3.8, 4) is 5.75 Å². The Kier molecular flexibility index (Phi) is 9.04. The molecule has 1 saturated carbocycles. The number of aryl methyl sites for hydroxylation is 1. The zero-order valence-corrected chi connectivity index (χ0v) is 28.8. The largest absolute Gasteiger partial charge is 0.543 e. The Morgan fingerprint density at radius 3 is 2.48 bits per heavy atom. The van der Waals surface area contributed by atoms with Gasteiger partial charge in [0, 0.05) is 22.8 Å². The second-order valence-electron chi connectivity index (χ2n) is 13.6. The highest BCUT2D eigenvalue weighted by atomic mass is 79.9. The Morgan fingerprint density at radius 2 is 1.86 bits per heavy atom. The summed E-state index contributed by atoms with van der Waals surface area (Å²) in [5, 5.41) is 11.3. The summed E-state index contributed by atoms with van der Waals surface area (Å²) < 4.78 is 14.7. The molecule has 11 heteroatoms. The van der Waals surface area contributed by atoms with E-state index in [-0.39, 0.29) is 17.1 Å². The number of benzene rings is 1. The number of hydrogen-bond donors (Lipinski definition) is 3. The number of halogens is 1. The van der Waals surface area contributed by atoms with Gasteiger partial charge in [-0.15, -0.1) is 0 Å². The number of alkyl carbamates (subject to hydrolysis) is 1. The fraction of sp³-hybridized carbons (Fsp3) is 0.516. The number of amides is 1. The highest BCUT2D eigenvalue weighted by Crippen LogP contribution is 2.38. The summed E-state index contributed by atoms with van der Waals surface area (Å²) in [7, 11) is -1.97. The number of hydrogen-bond acceptors (Lipinski definition) is 6. The number of nitrogens with zero attached hydrogens (tertiary/aromatic N) is 3. The zero-order valence-electron chi connectivity index (χ0n) is 26.3. The molecule has 9 nitrogen and oxygen atoms in total. The van der Waals surface area contributed by atoms with E-state index in [0.29, 0.717) is 5.84 Å². The van der Waals surface area contributed by atoms with E-state index in [1.165, 1.54) is 0 Å². The molecule has 2 aromatic heterocycles. The van der Waals surface area contributed by atoms with Crippen molar-refractivity contribution < 1.29 is 14.0 Å². The van der Waals surface area contributed by atoms with E-state index in [1.807, 2.05) is 49.7 Å². The number of carbonyl (C=O) groups excluding carboxylic acids is 1. The SMILES string of the molecule is CCc1cc(O[Si](C)(C)C(C)(C)C)ccc1N=C(N)c1cnn2cc(Br)cc2c1N[C@H]1C[C@H](NC(=O)OC(C)(C)C)C1. The minimum absolute atomic E-state index is 0.0439. The number of ether oxygens (including phenoxy) is 1. The molecule has 0 spiro atoms. The lowest BCUT2D eigenvalue weighted by Gasteiger charge is -2.37. The van der Waals surface area contributed by atoms with Crippen molar-refractivity contribution in [2.75, 3.05) is 5.32 Å². The van der Waals surface area contributed by atoms with Gasteiger partial charge in [0.2, 0.25) is 8.32 Å². The third-order valence-corrected chi connectivity index (χ3v) is 12.7. The van der Waals surface area contributed by atoms with Crippen molar-refractivity contribution in [2.24, 2.45) is 10.7 Å². The predicted octanol–water partition coefficient (Wildman–Crippen LogP) is 7.55. The summed E-state index contributed by atoms with van der Waals surface area (Å²) >= 11 is 3.57. The molecule has 0 bridgehead atoms. The molecule has 4 rings (SSSR count). The molecule has 4 N–H and O–H groups in total. The van der Waals surface area contributed by atoms with E-state index < -0.39 is 20.0 Å². The van der Waals surface area contributed by atoms with E-state index in [0.717, 1.165) is 57.5 Å². The lowest BCUT2D eigenvalue weighted by Crippen LogP contribution is -2.51. The van der Waals surface area contributed by atoms with Crippen LogP contribution in [0.15, 0.2) is 46.1 Å².